The van der Waals surface area contributed by atoms with Gasteiger partial charge in [0.25, 0.3) is 0 Å². The predicted molar refractivity (Wildman–Crippen MR) is 105 cm³/mol. The molecule has 0 heterocycles. The molecule has 1 saturated carbocycles. The van der Waals surface area contributed by atoms with Crippen molar-refractivity contribution < 1.29 is 26.5 Å². The van der Waals surface area contributed by atoms with E-state index in [1.807, 2.05) is 0 Å². The van der Waals surface area contributed by atoms with Gasteiger partial charge in [0, 0.05) is 41.8 Å². The van der Waals surface area contributed by atoms with Gasteiger partial charge in [0.05, 0.1) is 5.91 Å². The second-order valence-corrected chi connectivity index (χ2v) is 10.7. The van der Waals surface area contributed by atoms with E-state index >= 15 is 0 Å². The summed E-state index contributed by atoms with van der Waals surface area (Å²) in [7, 11) is -0.666. The molecule has 4 heteroatoms. The van der Waals surface area contributed by atoms with Gasteiger partial charge in [0.15, 0.2) is 0 Å². The molecule has 2 unspecified atom stereocenters. The largest absolute Gasteiger partial charge is 0.667 e. The summed E-state index contributed by atoms with van der Waals surface area (Å²) in [6, 6.07) is 17.1. The topological polar surface area (TPSA) is 40.9 Å². The van der Waals surface area contributed by atoms with Crippen molar-refractivity contribution in [2.75, 3.05) is 0 Å². The van der Waals surface area contributed by atoms with Crippen LogP contribution in [0.25, 0.3) is 16.9 Å². The van der Waals surface area contributed by atoms with E-state index in [9.17, 15) is 4.79 Å². The summed E-state index contributed by atoms with van der Waals surface area (Å²) in [6.07, 6.45) is 4.23. The van der Waals surface area contributed by atoms with E-state index in [0.29, 0.717) is 5.54 Å². The van der Waals surface area contributed by atoms with E-state index in [1.165, 1.54) is 28.7 Å². The van der Waals surface area contributed by atoms with Gasteiger partial charge in [-0.25, -0.2) is 0 Å². The Morgan fingerprint density at radius 2 is 1.54 bits per heavy atom. The van der Waals surface area contributed by atoms with Crippen molar-refractivity contribution in [3.05, 3.63) is 65.4 Å². The summed E-state index contributed by atoms with van der Waals surface area (Å²) >= 11 is 0. The number of carbonyl (C=O) groups is 1. The van der Waals surface area contributed by atoms with Gasteiger partial charge < -0.3 is 10.5 Å². The van der Waals surface area contributed by atoms with Crippen molar-refractivity contribution in [2.45, 2.75) is 50.2 Å². The van der Waals surface area contributed by atoms with Gasteiger partial charge in [-0.1, -0.05) is 80.9 Å². The van der Waals surface area contributed by atoms with Crippen LogP contribution in [0.15, 0.2) is 48.5 Å². The summed E-state index contributed by atoms with van der Waals surface area (Å²) < 4.78 is 0. The fourth-order valence-electron chi connectivity index (χ4n) is 5.46. The first-order valence-electron chi connectivity index (χ1n) is 9.31. The molecule has 1 amide bonds. The third-order valence-corrected chi connectivity index (χ3v) is 8.62. The van der Waals surface area contributed by atoms with Crippen molar-refractivity contribution >= 4 is 14.7 Å². The molecule has 2 atom stereocenters. The molecule has 2 nitrogen and oxygen atoms in total. The first-order chi connectivity index (χ1) is 12.1. The summed E-state index contributed by atoms with van der Waals surface area (Å²) in [5, 5.41) is 0. The van der Waals surface area contributed by atoms with Gasteiger partial charge >= 0.3 is 0 Å². The molecule has 1 radical (unpaired) electrons. The maximum Gasteiger partial charge on any atom is 0.0560 e. The van der Waals surface area contributed by atoms with Crippen LogP contribution < -0.4 is 0 Å². The summed E-state index contributed by atoms with van der Waals surface area (Å²) in [6.45, 7) is 4.65. The number of nitrogens with one attached hydrogen (secondary N) is 1. The fraction of sp³-hybridized carbons (Fsp3) is 0.409. The number of hydrogen-bond acceptors (Lipinski definition) is 1. The van der Waals surface area contributed by atoms with Gasteiger partial charge in [-0.2, -0.15) is 0 Å². The second-order valence-electron chi connectivity index (χ2n) is 7.85. The minimum absolute atomic E-state index is 0. The summed E-state index contributed by atoms with van der Waals surface area (Å²) in [5.74, 6) is -0.282. The van der Waals surface area contributed by atoms with E-state index in [0.717, 1.165) is 19.3 Å². The average Bonchev–Trinajstić information content (AvgIpc) is 2.96. The Morgan fingerprint density at radius 3 is 2.04 bits per heavy atom. The van der Waals surface area contributed by atoms with E-state index in [4.69, 9.17) is 5.73 Å². The minimum atomic E-state index is -0.666. The first-order valence-corrected chi connectivity index (χ1v) is 11.9. The van der Waals surface area contributed by atoms with Crippen molar-refractivity contribution in [1.82, 2.24) is 0 Å². The standard InChI is InChI=1S/C22H26NOSi.Ti/c1-25(2)19-13-7-8-14-22(19,21(23)24)20-17-11-5-3-9-15(17)16-10-4-6-12-18(16)20;/h3-6,9-12,19-20H,7-8,13-14H2,1-2H3,(H2,23,24);/p-1. The predicted octanol–water partition coefficient (Wildman–Crippen LogP) is 6.06. The molecule has 2 aliphatic rings. The number of amides is 1. The van der Waals surface area contributed by atoms with E-state index in [-0.39, 0.29) is 33.5 Å². The smallest absolute Gasteiger partial charge is 0.0560 e. The van der Waals surface area contributed by atoms with E-state index in [1.54, 1.807) is 0 Å². The number of rotatable bonds is 3. The Balaban J connectivity index is 0.00000196. The molecule has 0 aromatic heterocycles. The Bertz CT molecular complexity index is 776. The number of hydrogen-bond donors (Lipinski definition) is 0. The average molecular weight is 395 g/mol. The monoisotopic (exact) mass is 395 g/mol. The van der Waals surface area contributed by atoms with Crippen LogP contribution in [0.4, 0.5) is 0 Å². The van der Waals surface area contributed by atoms with E-state index < -0.39 is 14.2 Å². The van der Waals surface area contributed by atoms with Gasteiger partial charge in [-0.05, 0) is 34.2 Å². The van der Waals surface area contributed by atoms with Gasteiger partial charge in [-0.15, -0.1) is 0 Å². The van der Waals surface area contributed by atoms with Crippen molar-refractivity contribution in [2.24, 2.45) is 5.41 Å². The molecule has 0 bridgehead atoms. The van der Waals surface area contributed by atoms with Gasteiger partial charge in [-0.3, -0.25) is 0 Å². The van der Waals surface area contributed by atoms with Gasteiger partial charge in [0.1, 0.15) is 0 Å². The zero-order chi connectivity index (χ0) is 17.6. The van der Waals surface area contributed by atoms with Crippen LogP contribution in [-0.2, 0) is 26.5 Å². The summed E-state index contributed by atoms with van der Waals surface area (Å²) in [5.41, 5.74) is 13.2. The molecule has 1 fully saturated rings. The quantitative estimate of drug-likeness (QED) is 0.583. The van der Waals surface area contributed by atoms with E-state index in [2.05, 4.69) is 61.6 Å². The zero-order valence-corrected chi connectivity index (χ0v) is 18.1. The number of carbonyl (C=O) groups excluding carboxylic acids is 1. The van der Waals surface area contributed by atoms with Crippen LogP contribution in [0.1, 0.15) is 42.7 Å². The fourth-order valence-corrected chi connectivity index (χ4v) is 7.71. The van der Waals surface area contributed by atoms with Crippen LogP contribution in [0.3, 0.4) is 0 Å². The third-order valence-electron chi connectivity index (χ3n) is 6.42. The molecule has 26 heavy (non-hydrogen) atoms. The second kappa shape index (κ2) is 7.46. The van der Waals surface area contributed by atoms with Crippen molar-refractivity contribution in [3.63, 3.8) is 0 Å². The molecule has 4 rings (SSSR count). The minimum Gasteiger partial charge on any atom is -0.667 e. The zero-order valence-electron chi connectivity index (χ0n) is 15.5. The van der Waals surface area contributed by atoms with Crippen LogP contribution in [0.2, 0.25) is 18.6 Å². The van der Waals surface area contributed by atoms with Crippen LogP contribution >= 0.6 is 0 Å². The van der Waals surface area contributed by atoms with Crippen LogP contribution in [0, 0.1) is 5.41 Å². The molecular formula is C22H25NOSiTi-. The Hall–Kier alpha value is -1.16. The summed E-state index contributed by atoms with van der Waals surface area (Å²) in [4.78, 5) is 12.9. The molecule has 0 spiro atoms. The Morgan fingerprint density at radius 1 is 1.00 bits per heavy atom. The number of benzene rings is 2. The van der Waals surface area contributed by atoms with Crippen molar-refractivity contribution in [1.29, 1.82) is 0 Å². The van der Waals surface area contributed by atoms with Crippen LogP contribution in [-0.4, -0.2) is 14.7 Å². The normalized spacial score (nSPS) is 24.7. The molecule has 1 N–H and O–H groups in total. The Labute approximate surface area is 173 Å². The molecule has 2 aromatic rings. The van der Waals surface area contributed by atoms with Crippen LogP contribution in [0.5, 0.6) is 0 Å². The molecule has 133 valence electrons. The maximum absolute atomic E-state index is 12.9. The molecule has 0 aliphatic heterocycles. The molecule has 0 saturated heterocycles. The molecule has 2 aliphatic carbocycles. The third kappa shape index (κ3) is 2.76. The van der Waals surface area contributed by atoms with Crippen molar-refractivity contribution in [3.8, 4) is 11.1 Å². The Kier molecular flexibility index (Phi) is 5.62. The SMILES string of the molecule is C[Si](C)C1CCCCC1(C([NH-])=O)C1c2ccccc2-c2ccccc21.[Ti]. The van der Waals surface area contributed by atoms with Gasteiger partial charge in [0.2, 0.25) is 0 Å². The molecular weight excluding hydrogens is 370 g/mol. The first kappa shape index (κ1) is 19.6. The number of fused-ring (bicyclic) bond motifs is 3. The molecule has 2 aromatic carbocycles. The maximum atomic E-state index is 12.9.